The summed E-state index contributed by atoms with van der Waals surface area (Å²) >= 11 is 7.99. The van der Waals surface area contributed by atoms with E-state index in [1.807, 2.05) is 18.2 Å². The summed E-state index contributed by atoms with van der Waals surface area (Å²) in [5.74, 6) is 0.730. The Morgan fingerprint density at radius 3 is 2.63 bits per heavy atom. The molecule has 4 heteroatoms. The molecule has 19 heavy (non-hydrogen) atoms. The number of rotatable bonds is 6. The third-order valence-corrected chi connectivity index (χ3v) is 4.36. The van der Waals surface area contributed by atoms with Crippen LogP contribution in [0.2, 0.25) is 5.02 Å². The summed E-state index contributed by atoms with van der Waals surface area (Å²) in [6.45, 7) is 3.36. The Kier molecular flexibility index (Phi) is 5.25. The maximum absolute atomic E-state index is 6.20. The van der Waals surface area contributed by atoms with Gasteiger partial charge in [0.05, 0.1) is 5.02 Å². The Labute approximate surface area is 123 Å². The average Bonchev–Trinajstić information content (AvgIpc) is 2.86. The molecule has 102 valence electrons. The molecular formula is C15H18ClNOS. The number of halogens is 1. The van der Waals surface area contributed by atoms with Crippen LogP contribution in [0.25, 0.3) is 0 Å². The van der Waals surface area contributed by atoms with Crippen LogP contribution in [-0.2, 0) is 19.4 Å². The lowest BCUT2D eigenvalue weighted by Crippen LogP contribution is -2.02. The van der Waals surface area contributed by atoms with Crippen LogP contribution < -0.4 is 10.5 Å². The van der Waals surface area contributed by atoms with Crippen molar-refractivity contribution in [1.82, 2.24) is 0 Å². The molecule has 1 heterocycles. The lowest BCUT2D eigenvalue weighted by atomic mass is 10.1. The molecule has 1 aromatic carbocycles. The molecule has 0 aliphatic rings. The molecule has 2 nitrogen and oxygen atoms in total. The second-order valence-electron chi connectivity index (χ2n) is 4.31. The van der Waals surface area contributed by atoms with Gasteiger partial charge in [-0.3, -0.25) is 0 Å². The standard InChI is InChI=1S/C15H18ClNOS/c1-2-12-4-5-13(19-12)10-18-15-6-3-11(7-8-17)9-14(15)16/h3-6,9H,2,7-8,10,17H2,1H3. The van der Waals surface area contributed by atoms with E-state index in [2.05, 4.69) is 19.1 Å². The number of ether oxygens (including phenoxy) is 1. The minimum atomic E-state index is 0.570. The normalized spacial score (nSPS) is 10.7. The molecule has 0 bridgehead atoms. The first-order valence-corrected chi connectivity index (χ1v) is 7.61. The monoisotopic (exact) mass is 295 g/mol. The Balaban J connectivity index is 1.99. The van der Waals surface area contributed by atoms with Crippen LogP contribution in [0.1, 0.15) is 22.2 Å². The van der Waals surface area contributed by atoms with Gasteiger partial charge in [0.1, 0.15) is 12.4 Å². The molecule has 1 aromatic heterocycles. The summed E-state index contributed by atoms with van der Waals surface area (Å²) in [4.78, 5) is 2.60. The summed E-state index contributed by atoms with van der Waals surface area (Å²) < 4.78 is 5.76. The van der Waals surface area contributed by atoms with Crippen LogP contribution >= 0.6 is 22.9 Å². The van der Waals surface area contributed by atoms with E-state index >= 15 is 0 Å². The maximum atomic E-state index is 6.20. The van der Waals surface area contributed by atoms with E-state index in [0.29, 0.717) is 18.2 Å². The van der Waals surface area contributed by atoms with Gasteiger partial charge in [-0.2, -0.15) is 0 Å². The van der Waals surface area contributed by atoms with Crippen molar-refractivity contribution in [3.05, 3.63) is 50.7 Å². The first-order chi connectivity index (χ1) is 9.22. The SMILES string of the molecule is CCc1ccc(COc2ccc(CCN)cc2Cl)s1. The Bertz CT molecular complexity index is 539. The van der Waals surface area contributed by atoms with Gasteiger partial charge in [0, 0.05) is 9.75 Å². The van der Waals surface area contributed by atoms with Crippen molar-refractivity contribution in [3.8, 4) is 5.75 Å². The zero-order valence-corrected chi connectivity index (χ0v) is 12.6. The third-order valence-electron chi connectivity index (χ3n) is 2.87. The Morgan fingerprint density at radius 2 is 2.00 bits per heavy atom. The zero-order valence-electron chi connectivity index (χ0n) is 11.0. The van der Waals surface area contributed by atoms with Crippen LogP contribution in [0.5, 0.6) is 5.75 Å². The van der Waals surface area contributed by atoms with E-state index in [-0.39, 0.29) is 0 Å². The second kappa shape index (κ2) is 6.94. The van der Waals surface area contributed by atoms with Gasteiger partial charge in [0.25, 0.3) is 0 Å². The van der Waals surface area contributed by atoms with E-state index < -0.39 is 0 Å². The largest absolute Gasteiger partial charge is 0.487 e. The van der Waals surface area contributed by atoms with Crippen molar-refractivity contribution in [2.75, 3.05) is 6.54 Å². The quantitative estimate of drug-likeness (QED) is 0.873. The number of hydrogen-bond acceptors (Lipinski definition) is 3. The number of nitrogens with two attached hydrogens (primary N) is 1. The van der Waals surface area contributed by atoms with Crippen molar-refractivity contribution in [1.29, 1.82) is 0 Å². The fraction of sp³-hybridized carbons (Fsp3) is 0.333. The van der Waals surface area contributed by atoms with Crippen molar-refractivity contribution < 1.29 is 4.74 Å². The molecule has 0 amide bonds. The maximum Gasteiger partial charge on any atom is 0.138 e. The Hall–Kier alpha value is -1.03. The van der Waals surface area contributed by atoms with Gasteiger partial charge in [0.2, 0.25) is 0 Å². The topological polar surface area (TPSA) is 35.2 Å². The molecule has 0 radical (unpaired) electrons. The fourth-order valence-corrected chi connectivity index (χ4v) is 2.95. The van der Waals surface area contributed by atoms with Gasteiger partial charge < -0.3 is 10.5 Å². The van der Waals surface area contributed by atoms with Crippen molar-refractivity contribution >= 4 is 22.9 Å². The van der Waals surface area contributed by atoms with Crippen LogP contribution in [0.3, 0.4) is 0 Å². The summed E-state index contributed by atoms with van der Waals surface area (Å²) in [6, 6.07) is 10.1. The van der Waals surface area contributed by atoms with Crippen LogP contribution in [0, 0.1) is 0 Å². The molecule has 0 saturated carbocycles. The van der Waals surface area contributed by atoms with E-state index in [4.69, 9.17) is 22.1 Å². The van der Waals surface area contributed by atoms with Gasteiger partial charge in [-0.25, -0.2) is 0 Å². The predicted molar refractivity (Wildman–Crippen MR) is 82.2 cm³/mol. The molecule has 0 saturated heterocycles. The minimum Gasteiger partial charge on any atom is -0.487 e. The molecular weight excluding hydrogens is 278 g/mol. The highest BCUT2D eigenvalue weighted by Gasteiger charge is 2.05. The molecule has 0 aliphatic carbocycles. The van der Waals surface area contributed by atoms with E-state index in [0.717, 1.165) is 24.2 Å². The summed E-state index contributed by atoms with van der Waals surface area (Å²) in [5.41, 5.74) is 6.67. The molecule has 2 aromatic rings. The molecule has 2 rings (SSSR count). The van der Waals surface area contributed by atoms with E-state index in [1.165, 1.54) is 9.75 Å². The molecule has 0 fully saturated rings. The second-order valence-corrected chi connectivity index (χ2v) is 5.97. The number of thiophene rings is 1. The van der Waals surface area contributed by atoms with Gasteiger partial charge >= 0.3 is 0 Å². The van der Waals surface area contributed by atoms with Crippen LogP contribution in [0.4, 0.5) is 0 Å². The van der Waals surface area contributed by atoms with Gasteiger partial charge in [-0.15, -0.1) is 11.3 Å². The first-order valence-electron chi connectivity index (χ1n) is 6.41. The molecule has 0 spiro atoms. The highest BCUT2D eigenvalue weighted by atomic mass is 35.5. The molecule has 0 aliphatic heterocycles. The average molecular weight is 296 g/mol. The molecule has 2 N–H and O–H groups in total. The minimum absolute atomic E-state index is 0.570. The number of hydrogen-bond donors (Lipinski definition) is 1. The van der Waals surface area contributed by atoms with Crippen molar-refractivity contribution in [3.63, 3.8) is 0 Å². The lowest BCUT2D eigenvalue weighted by molar-refractivity contribution is 0.310. The van der Waals surface area contributed by atoms with E-state index in [1.54, 1.807) is 11.3 Å². The van der Waals surface area contributed by atoms with Crippen molar-refractivity contribution in [2.24, 2.45) is 5.73 Å². The smallest absolute Gasteiger partial charge is 0.138 e. The van der Waals surface area contributed by atoms with Gasteiger partial charge in [-0.05, 0) is 49.2 Å². The summed E-state index contributed by atoms with van der Waals surface area (Å²) in [6.07, 6.45) is 1.91. The van der Waals surface area contributed by atoms with E-state index in [9.17, 15) is 0 Å². The highest BCUT2D eigenvalue weighted by molar-refractivity contribution is 7.11. The molecule has 0 unspecified atom stereocenters. The first kappa shape index (κ1) is 14.4. The Morgan fingerprint density at radius 1 is 1.21 bits per heavy atom. The summed E-state index contributed by atoms with van der Waals surface area (Å²) in [7, 11) is 0. The number of benzene rings is 1. The molecule has 0 atom stereocenters. The van der Waals surface area contributed by atoms with Crippen LogP contribution in [-0.4, -0.2) is 6.54 Å². The lowest BCUT2D eigenvalue weighted by Gasteiger charge is -2.08. The van der Waals surface area contributed by atoms with Crippen molar-refractivity contribution in [2.45, 2.75) is 26.4 Å². The zero-order chi connectivity index (χ0) is 13.7. The number of aryl methyl sites for hydroxylation is 1. The highest BCUT2D eigenvalue weighted by Crippen LogP contribution is 2.27. The van der Waals surface area contributed by atoms with Crippen LogP contribution in [0.15, 0.2) is 30.3 Å². The third kappa shape index (κ3) is 3.96. The predicted octanol–water partition coefficient (Wildman–Crippen LogP) is 4.04. The van der Waals surface area contributed by atoms with Gasteiger partial charge in [-0.1, -0.05) is 24.6 Å². The summed E-state index contributed by atoms with van der Waals surface area (Å²) in [5, 5.41) is 0.651. The van der Waals surface area contributed by atoms with Gasteiger partial charge in [0.15, 0.2) is 0 Å². The fourth-order valence-electron chi connectivity index (χ4n) is 1.82.